The number of hydrogen-bond acceptors (Lipinski definition) is 6. The number of ether oxygens (including phenoxy) is 1. The van der Waals surface area contributed by atoms with Crippen LogP contribution in [0.15, 0.2) is 53.4 Å². The number of imide groups is 1. The van der Waals surface area contributed by atoms with Gasteiger partial charge in [0.15, 0.2) is 0 Å². The van der Waals surface area contributed by atoms with Crippen molar-refractivity contribution in [2.45, 2.75) is 24.2 Å². The van der Waals surface area contributed by atoms with Gasteiger partial charge in [-0.05, 0) is 42.8 Å². The molecule has 2 amide bonds. The molecule has 1 aliphatic rings. The van der Waals surface area contributed by atoms with Crippen LogP contribution >= 0.6 is 0 Å². The highest BCUT2D eigenvalue weighted by molar-refractivity contribution is 7.92. The zero-order valence-electron chi connectivity index (χ0n) is 15.0. The van der Waals surface area contributed by atoms with Crippen LogP contribution in [-0.4, -0.2) is 33.3 Å². The highest BCUT2D eigenvalue weighted by Gasteiger charge is 2.28. The Morgan fingerprint density at radius 1 is 1.00 bits per heavy atom. The van der Waals surface area contributed by atoms with Gasteiger partial charge in [-0.2, -0.15) is 0 Å². The van der Waals surface area contributed by atoms with Crippen molar-refractivity contribution in [2.75, 3.05) is 16.7 Å². The van der Waals surface area contributed by atoms with E-state index in [1.54, 1.807) is 12.1 Å². The number of sulfonamides is 1. The first-order valence-electron chi connectivity index (χ1n) is 8.49. The Hall–Kier alpha value is -3.20. The van der Waals surface area contributed by atoms with Crippen molar-refractivity contribution in [1.29, 1.82) is 0 Å². The molecule has 2 aromatic rings. The SMILES string of the molecule is COC(=O)c1ccccc1NS(=O)(=O)c1ccc(N2C(=O)CCCC2=O)cc1. The molecular formula is C19H18N2O6S. The van der Waals surface area contributed by atoms with Crippen molar-refractivity contribution in [3.8, 4) is 0 Å². The molecule has 9 heteroatoms. The van der Waals surface area contributed by atoms with E-state index in [1.807, 2.05) is 0 Å². The minimum Gasteiger partial charge on any atom is -0.465 e. The predicted molar refractivity (Wildman–Crippen MR) is 101 cm³/mol. The first-order chi connectivity index (χ1) is 13.3. The second kappa shape index (κ2) is 7.81. The minimum atomic E-state index is -4.00. The molecule has 0 unspecified atom stereocenters. The summed E-state index contributed by atoms with van der Waals surface area (Å²) in [5.41, 5.74) is 0.484. The second-order valence-electron chi connectivity index (χ2n) is 6.11. The van der Waals surface area contributed by atoms with E-state index in [9.17, 15) is 22.8 Å². The van der Waals surface area contributed by atoms with Crippen LogP contribution in [0, 0.1) is 0 Å². The number of nitrogens with one attached hydrogen (secondary N) is 1. The average Bonchev–Trinajstić information content (AvgIpc) is 2.68. The molecule has 0 atom stereocenters. The maximum absolute atomic E-state index is 12.7. The lowest BCUT2D eigenvalue weighted by Gasteiger charge is -2.24. The molecule has 1 saturated heterocycles. The molecule has 2 aromatic carbocycles. The van der Waals surface area contributed by atoms with E-state index < -0.39 is 16.0 Å². The van der Waals surface area contributed by atoms with Gasteiger partial charge in [0.05, 0.1) is 28.9 Å². The van der Waals surface area contributed by atoms with Gasteiger partial charge in [-0.15, -0.1) is 0 Å². The molecule has 0 bridgehead atoms. The minimum absolute atomic E-state index is 0.0761. The highest BCUT2D eigenvalue weighted by atomic mass is 32.2. The van der Waals surface area contributed by atoms with Gasteiger partial charge in [-0.25, -0.2) is 13.2 Å². The first-order valence-corrected chi connectivity index (χ1v) is 9.98. The molecular weight excluding hydrogens is 384 g/mol. The second-order valence-corrected chi connectivity index (χ2v) is 7.80. The molecule has 0 spiro atoms. The number of para-hydroxylation sites is 1. The first kappa shape index (κ1) is 19.6. The Kier molecular flexibility index (Phi) is 5.46. The number of methoxy groups -OCH3 is 1. The van der Waals surface area contributed by atoms with E-state index in [2.05, 4.69) is 9.46 Å². The third kappa shape index (κ3) is 3.89. The lowest BCUT2D eigenvalue weighted by atomic mass is 10.1. The number of benzene rings is 2. The monoisotopic (exact) mass is 402 g/mol. The summed E-state index contributed by atoms with van der Waals surface area (Å²) in [6, 6.07) is 11.5. The van der Waals surface area contributed by atoms with E-state index in [-0.39, 0.29) is 40.8 Å². The van der Waals surface area contributed by atoms with Gasteiger partial charge in [-0.1, -0.05) is 12.1 Å². The van der Waals surface area contributed by atoms with Crippen molar-refractivity contribution in [1.82, 2.24) is 0 Å². The molecule has 3 rings (SSSR count). The van der Waals surface area contributed by atoms with Gasteiger partial charge in [0.25, 0.3) is 10.0 Å². The highest BCUT2D eigenvalue weighted by Crippen LogP contribution is 2.25. The van der Waals surface area contributed by atoms with Crippen molar-refractivity contribution in [3.05, 3.63) is 54.1 Å². The Balaban J connectivity index is 1.87. The number of nitrogens with zero attached hydrogens (tertiary/aromatic N) is 1. The Morgan fingerprint density at radius 3 is 2.21 bits per heavy atom. The van der Waals surface area contributed by atoms with Gasteiger partial charge in [0, 0.05) is 12.8 Å². The van der Waals surface area contributed by atoms with Crippen LogP contribution in [0.1, 0.15) is 29.6 Å². The Labute approximate surface area is 162 Å². The van der Waals surface area contributed by atoms with Crippen LogP contribution in [0.5, 0.6) is 0 Å². The summed E-state index contributed by atoms with van der Waals surface area (Å²) in [6.07, 6.45) is 1.07. The van der Waals surface area contributed by atoms with Gasteiger partial charge in [-0.3, -0.25) is 19.2 Å². The Morgan fingerprint density at radius 2 is 1.61 bits per heavy atom. The molecule has 0 aromatic heterocycles. The fourth-order valence-corrected chi connectivity index (χ4v) is 3.96. The fourth-order valence-electron chi connectivity index (χ4n) is 2.88. The number of amides is 2. The van der Waals surface area contributed by atoms with Crippen molar-refractivity contribution in [2.24, 2.45) is 0 Å². The number of esters is 1. The molecule has 0 aliphatic carbocycles. The zero-order chi connectivity index (χ0) is 20.3. The standard InChI is InChI=1S/C19H18N2O6S/c1-27-19(24)15-5-2-3-6-16(15)20-28(25,26)14-11-9-13(10-12-14)21-17(22)7-4-8-18(21)23/h2-3,5-6,9-12,20H,4,7-8H2,1H3. The molecule has 1 N–H and O–H groups in total. The fraction of sp³-hybridized carbons (Fsp3) is 0.211. The quantitative estimate of drug-likeness (QED) is 0.607. The van der Waals surface area contributed by atoms with Crippen LogP contribution in [-0.2, 0) is 24.3 Å². The number of hydrogen-bond donors (Lipinski definition) is 1. The maximum Gasteiger partial charge on any atom is 0.339 e. The summed E-state index contributed by atoms with van der Waals surface area (Å²) in [5, 5.41) is 0. The molecule has 1 fully saturated rings. The lowest BCUT2D eigenvalue weighted by Crippen LogP contribution is -2.40. The van der Waals surface area contributed by atoms with Gasteiger partial charge in [0.1, 0.15) is 0 Å². The largest absolute Gasteiger partial charge is 0.465 e. The van der Waals surface area contributed by atoms with Gasteiger partial charge in [0.2, 0.25) is 11.8 Å². The number of anilines is 2. The summed E-state index contributed by atoms with van der Waals surface area (Å²) in [5.74, 6) is -1.29. The molecule has 0 radical (unpaired) electrons. The van der Waals surface area contributed by atoms with Crippen LogP contribution in [0.2, 0.25) is 0 Å². The molecule has 1 aliphatic heterocycles. The van der Waals surface area contributed by atoms with Crippen LogP contribution < -0.4 is 9.62 Å². The maximum atomic E-state index is 12.7. The topological polar surface area (TPSA) is 110 Å². The third-order valence-electron chi connectivity index (χ3n) is 4.26. The van der Waals surface area contributed by atoms with Crippen LogP contribution in [0.25, 0.3) is 0 Å². The average molecular weight is 402 g/mol. The summed E-state index contributed by atoms with van der Waals surface area (Å²) in [7, 11) is -2.79. The van der Waals surface area contributed by atoms with E-state index >= 15 is 0 Å². The van der Waals surface area contributed by atoms with E-state index in [0.717, 1.165) is 4.90 Å². The number of carbonyl (C=O) groups is 3. The van der Waals surface area contributed by atoms with Crippen molar-refractivity contribution >= 4 is 39.2 Å². The number of piperidine rings is 1. The molecule has 1 heterocycles. The van der Waals surface area contributed by atoms with Gasteiger partial charge < -0.3 is 4.74 Å². The summed E-state index contributed by atoms with van der Waals surface area (Å²) in [6.45, 7) is 0. The summed E-state index contributed by atoms with van der Waals surface area (Å²) >= 11 is 0. The normalized spacial score (nSPS) is 14.7. The smallest absolute Gasteiger partial charge is 0.339 e. The molecule has 146 valence electrons. The summed E-state index contributed by atoms with van der Waals surface area (Å²) in [4.78, 5) is 36.8. The predicted octanol–water partition coefficient (Wildman–Crippen LogP) is 2.32. The Bertz CT molecular complexity index is 1010. The molecule has 28 heavy (non-hydrogen) atoms. The van der Waals surface area contributed by atoms with Crippen molar-refractivity contribution < 1.29 is 27.5 Å². The summed E-state index contributed by atoms with van der Waals surface area (Å²) < 4.78 is 32.4. The molecule has 0 saturated carbocycles. The number of rotatable bonds is 5. The van der Waals surface area contributed by atoms with Crippen LogP contribution in [0.4, 0.5) is 11.4 Å². The zero-order valence-corrected chi connectivity index (χ0v) is 15.9. The van der Waals surface area contributed by atoms with E-state index in [4.69, 9.17) is 0 Å². The van der Waals surface area contributed by atoms with E-state index in [0.29, 0.717) is 12.1 Å². The van der Waals surface area contributed by atoms with Gasteiger partial charge >= 0.3 is 5.97 Å². The third-order valence-corrected chi connectivity index (χ3v) is 5.64. The number of carbonyl (C=O) groups excluding carboxylic acids is 3. The van der Waals surface area contributed by atoms with Crippen molar-refractivity contribution in [3.63, 3.8) is 0 Å². The molecule has 8 nitrogen and oxygen atoms in total. The lowest BCUT2D eigenvalue weighted by molar-refractivity contribution is -0.129. The van der Waals surface area contributed by atoms with E-state index in [1.165, 1.54) is 43.5 Å². The van der Waals surface area contributed by atoms with Crippen LogP contribution in [0.3, 0.4) is 0 Å².